The molecule has 8 nitrogen and oxygen atoms in total. The Balaban J connectivity index is 2.07. The fraction of sp³-hybridized carbons (Fsp3) is 0.188. The molecule has 0 atom stereocenters. The smallest absolute Gasteiger partial charge is 0.273 e. The van der Waals surface area contributed by atoms with Crippen LogP contribution in [0.3, 0.4) is 0 Å². The minimum absolute atomic E-state index is 0.0289. The highest BCUT2D eigenvalue weighted by molar-refractivity contribution is 7.91. The molecule has 0 aliphatic heterocycles. The molecule has 2 rings (SSSR count). The van der Waals surface area contributed by atoms with Gasteiger partial charge in [0.25, 0.3) is 11.6 Å². The third-order valence-corrected chi connectivity index (χ3v) is 5.06. The number of benzene rings is 2. The van der Waals surface area contributed by atoms with Crippen LogP contribution in [0.5, 0.6) is 5.75 Å². The SMILES string of the molecule is CCS(=O)(=O)c1ccccc1NC(=O)COc1cccc([N+](=O)[O-])c1. The van der Waals surface area contributed by atoms with Crippen LogP contribution in [-0.4, -0.2) is 31.6 Å². The topological polar surface area (TPSA) is 116 Å². The highest BCUT2D eigenvalue weighted by Crippen LogP contribution is 2.22. The van der Waals surface area contributed by atoms with E-state index in [0.29, 0.717) is 0 Å². The number of hydrogen-bond donors (Lipinski definition) is 1. The normalized spacial score (nSPS) is 10.9. The van der Waals surface area contributed by atoms with E-state index in [1.807, 2.05) is 0 Å². The molecule has 0 radical (unpaired) electrons. The average molecular weight is 364 g/mol. The second-order valence-corrected chi connectivity index (χ2v) is 7.24. The fourth-order valence-corrected chi connectivity index (χ4v) is 3.07. The molecule has 0 bridgehead atoms. The summed E-state index contributed by atoms with van der Waals surface area (Å²) in [5.41, 5.74) is 0.00860. The van der Waals surface area contributed by atoms with Crippen molar-refractivity contribution < 1.29 is 22.9 Å². The van der Waals surface area contributed by atoms with Crippen LogP contribution in [0.25, 0.3) is 0 Å². The summed E-state index contributed by atoms with van der Waals surface area (Å²) < 4.78 is 29.3. The molecule has 0 unspecified atom stereocenters. The lowest BCUT2D eigenvalue weighted by Gasteiger charge is -2.11. The van der Waals surface area contributed by atoms with Crippen molar-refractivity contribution in [1.29, 1.82) is 0 Å². The summed E-state index contributed by atoms with van der Waals surface area (Å²) in [4.78, 5) is 22.2. The van der Waals surface area contributed by atoms with E-state index in [1.165, 1.54) is 43.3 Å². The summed E-state index contributed by atoms with van der Waals surface area (Å²) in [6.07, 6.45) is 0. The Bertz CT molecular complexity index is 895. The van der Waals surface area contributed by atoms with Gasteiger partial charge in [-0.25, -0.2) is 8.42 Å². The number of amides is 1. The van der Waals surface area contributed by atoms with E-state index in [-0.39, 0.29) is 27.8 Å². The lowest BCUT2D eigenvalue weighted by molar-refractivity contribution is -0.384. The molecule has 1 N–H and O–H groups in total. The van der Waals surface area contributed by atoms with Crippen molar-refractivity contribution in [3.05, 3.63) is 58.6 Å². The van der Waals surface area contributed by atoms with Crippen LogP contribution < -0.4 is 10.1 Å². The number of carbonyl (C=O) groups excluding carboxylic acids is 1. The van der Waals surface area contributed by atoms with E-state index in [1.54, 1.807) is 12.1 Å². The molecule has 0 aliphatic carbocycles. The summed E-state index contributed by atoms with van der Waals surface area (Å²) in [5.74, 6) is -0.506. The van der Waals surface area contributed by atoms with Crippen LogP contribution in [-0.2, 0) is 14.6 Å². The van der Waals surface area contributed by atoms with Gasteiger partial charge in [-0.3, -0.25) is 14.9 Å². The van der Waals surface area contributed by atoms with Gasteiger partial charge in [0, 0.05) is 6.07 Å². The van der Waals surface area contributed by atoms with Crippen LogP contribution in [0.1, 0.15) is 6.92 Å². The number of para-hydroxylation sites is 1. The van der Waals surface area contributed by atoms with Crippen LogP contribution >= 0.6 is 0 Å². The van der Waals surface area contributed by atoms with Gasteiger partial charge in [-0.1, -0.05) is 25.1 Å². The Morgan fingerprint density at radius 2 is 1.92 bits per heavy atom. The predicted molar refractivity (Wildman–Crippen MR) is 91.4 cm³/mol. The van der Waals surface area contributed by atoms with Crippen molar-refractivity contribution in [3.63, 3.8) is 0 Å². The molecule has 0 aromatic heterocycles. The predicted octanol–water partition coefficient (Wildman–Crippen LogP) is 2.41. The number of nitrogens with zero attached hydrogens (tertiary/aromatic N) is 1. The third-order valence-electron chi connectivity index (χ3n) is 3.27. The summed E-state index contributed by atoms with van der Waals surface area (Å²) >= 11 is 0. The number of hydrogen-bond acceptors (Lipinski definition) is 6. The maximum absolute atomic E-state index is 12.0. The van der Waals surface area contributed by atoms with Crippen molar-refractivity contribution in [1.82, 2.24) is 0 Å². The van der Waals surface area contributed by atoms with Crippen LogP contribution in [0.4, 0.5) is 11.4 Å². The third kappa shape index (κ3) is 4.77. The van der Waals surface area contributed by atoms with E-state index >= 15 is 0 Å². The summed E-state index contributed by atoms with van der Waals surface area (Å²) in [5, 5.41) is 13.2. The quantitative estimate of drug-likeness (QED) is 0.596. The number of non-ortho nitro benzene ring substituents is 1. The molecule has 25 heavy (non-hydrogen) atoms. The zero-order chi connectivity index (χ0) is 18.4. The van der Waals surface area contributed by atoms with Crippen molar-refractivity contribution >= 4 is 27.1 Å². The number of ether oxygens (including phenoxy) is 1. The lowest BCUT2D eigenvalue weighted by atomic mass is 10.3. The molecule has 0 fully saturated rings. The zero-order valence-electron chi connectivity index (χ0n) is 13.3. The average Bonchev–Trinajstić information content (AvgIpc) is 2.60. The molecule has 0 heterocycles. The van der Waals surface area contributed by atoms with Crippen LogP contribution in [0, 0.1) is 10.1 Å². The number of nitro groups is 1. The molecule has 0 saturated heterocycles. The Labute approximate surface area is 144 Å². The monoisotopic (exact) mass is 364 g/mol. The second kappa shape index (κ2) is 7.75. The van der Waals surface area contributed by atoms with Gasteiger partial charge in [-0.05, 0) is 18.2 Å². The Morgan fingerprint density at radius 1 is 1.20 bits per heavy atom. The van der Waals surface area contributed by atoms with Crippen LogP contribution in [0.2, 0.25) is 0 Å². The minimum atomic E-state index is -3.49. The first kappa shape index (κ1) is 18.4. The van der Waals surface area contributed by atoms with Crippen molar-refractivity contribution in [2.24, 2.45) is 0 Å². The number of rotatable bonds is 7. The molecule has 2 aromatic carbocycles. The first-order valence-corrected chi connectivity index (χ1v) is 8.97. The fourth-order valence-electron chi connectivity index (χ4n) is 2.02. The van der Waals surface area contributed by atoms with E-state index in [4.69, 9.17) is 4.74 Å². The van der Waals surface area contributed by atoms with Gasteiger partial charge in [0.1, 0.15) is 5.75 Å². The number of anilines is 1. The molecular formula is C16H16N2O6S. The van der Waals surface area contributed by atoms with Gasteiger partial charge in [-0.15, -0.1) is 0 Å². The minimum Gasteiger partial charge on any atom is -0.484 e. The van der Waals surface area contributed by atoms with E-state index in [9.17, 15) is 23.3 Å². The Hall–Kier alpha value is -2.94. The molecule has 0 spiro atoms. The van der Waals surface area contributed by atoms with Crippen molar-refractivity contribution in [3.8, 4) is 5.75 Å². The molecule has 1 amide bonds. The Morgan fingerprint density at radius 3 is 2.60 bits per heavy atom. The standard InChI is InChI=1S/C16H16N2O6S/c1-2-25(22,23)15-9-4-3-8-14(15)17-16(19)11-24-13-7-5-6-12(10-13)18(20)21/h3-10H,2,11H2,1H3,(H,17,19). The maximum atomic E-state index is 12.0. The van der Waals surface area contributed by atoms with Gasteiger partial charge in [0.2, 0.25) is 0 Å². The zero-order valence-corrected chi connectivity index (χ0v) is 14.2. The number of carbonyl (C=O) groups is 1. The summed E-state index contributed by atoms with van der Waals surface area (Å²) in [7, 11) is -3.49. The van der Waals surface area contributed by atoms with Gasteiger partial charge in [0.05, 0.1) is 27.3 Å². The number of sulfone groups is 1. The highest BCUT2D eigenvalue weighted by atomic mass is 32.2. The van der Waals surface area contributed by atoms with Gasteiger partial charge < -0.3 is 10.1 Å². The van der Waals surface area contributed by atoms with E-state index < -0.39 is 27.3 Å². The van der Waals surface area contributed by atoms with Crippen LogP contribution in [0.15, 0.2) is 53.4 Å². The first-order valence-electron chi connectivity index (χ1n) is 7.32. The summed E-state index contributed by atoms with van der Waals surface area (Å²) in [6.45, 7) is 1.10. The Kier molecular flexibility index (Phi) is 5.71. The lowest BCUT2D eigenvalue weighted by Crippen LogP contribution is -2.21. The number of nitro benzene ring substituents is 1. The molecule has 132 valence electrons. The van der Waals surface area contributed by atoms with E-state index in [2.05, 4.69) is 5.32 Å². The molecule has 2 aromatic rings. The van der Waals surface area contributed by atoms with Gasteiger partial charge >= 0.3 is 0 Å². The van der Waals surface area contributed by atoms with Gasteiger partial charge in [0.15, 0.2) is 16.4 Å². The number of nitrogens with one attached hydrogen (secondary N) is 1. The molecule has 0 saturated carbocycles. The van der Waals surface area contributed by atoms with E-state index in [0.717, 1.165) is 0 Å². The summed E-state index contributed by atoms with van der Waals surface area (Å²) in [6, 6.07) is 11.5. The molecule has 0 aliphatic rings. The second-order valence-electron chi connectivity index (χ2n) is 4.99. The molecular weight excluding hydrogens is 348 g/mol. The maximum Gasteiger partial charge on any atom is 0.273 e. The largest absolute Gasteiger partial charge is 0.484 e. The van der Waals surface area contributed by atoms with Gasteiger partial charge in [-0.2, -0.15) is 0 Å². The first-order chi connectivity index (χ1) is 11.8. The molecule has 9 heteroatoms. The highest BCUT2D eigenvalue weighted by Gasteiger charge is 2.17. The van der Waals surface area contributed by atoms with Crippen molar-refractivity contribution in [2.45, 2.75) is 11.8 Å². The van der Waals surface area contributed by atoms with Crippen molar-refractivity contribution in [2.75, 3.05) is 17.7 Å².